The first-order chi connectivity index (χ1) is 9.63. The van der Waals surface area contributed by atoms with Crippen LogP contribution >= 0.6 is 0 Å². The Morgan fingerprint density at radius 1 is 1.00 bits per heavy atom. The Balaban J connectivity index is 2.09. The van der Waals surface area contributed by atoms with Gasteiger partial charge in [0.05, 0.1) is 5.75 Å². The molecule has 6 heteroatoms. The molecule has 0 bridgehead atoms. The fraction of sp³-hybridized carbons (Fsp3) is 0.929. The Kier molecular flexibility index (Phi) is 5.75. The van der Waals surface area contributed by atoms with E-state index in [9.17, 15) is 13.2 Å². The predicted molar refractivity (Wildman–Crippen MR) is 77.4 cm³/mol. The van der Waals surface area contributed by atoms with Crippen LogP contribution in [0.3, 0.4) is 0 Å². The molecule has 2 fully saturated rings. The lowest BCUT2D eigenvalue weighted by Gasteiger charge is -2.28. The van der Waals surface area contributed by atoms with Gasteiger partial charge in [-0.25, -0.2) is 13.2 Å². The molecule has 1 aliphatic carbocycles. The zero-order valence-electron chi connectivity index (χ0n) is 12.0. The topological polar surface area (TPSA) is 66.8 Å². The summed E-state index contributed by atoms with van der Waals surface area (Å²) >= 11 is 0. The number of carbonyl (C=O) groups excluding carboxylic acids is 1. The summed E-state index contributed by atoms with van der Waals surface area (Å²) in [6, 6.07) is 0. The summed E-state index contributed by atoms with van der Waals surface area (Å²) in [6.45, 7) is 0.491. The van der Waals surface area contributed by atoms with E-state index in [0.29, 0.717) is 13.0 Å². The minimum absolute atomic E-state index is 0.220. The van der Waals surface area contributed by atoms with E-state index in [1.165, 1.54) is 16.8 Å². The van der Waals surface area contributed by atoms with Crippen LogP contribution in [0.5, 0.6) is 0 Å². The summed E-state index contributed by atoms with van der Waals surface area (Å²) in [6.07, 6.45) is 9.94. The molecule has 0 aromatic carbocycles. The molecule has 0 N–H and O–H groups in total. The van der Waals surface area contributed by atoms with E-state index in [-0.39, 0.29) is 11.7 Å². The third-order valence-electron chi connectivity index (χ3n) is 4.40. The average Bonchev–Trinajstić information content (AvgIpc) is 2.66. The van der Waals surface area contributed by atoms with Gasteiger partial charge in [-0.1, -0.05) is 25.7 Å². The molecule has 0 aromatic rings. The first-order valence-electron chi connectivity index (χ1n) is 7.70. The molecular weight excluding hydrogens is 276 g/mol. The maximum atomic E-state index is 12.6. The second-order valence-corrected chi connectivity index (χ2v) is 7.91. The van der Waals surface area contributed by atoms with Gasteiger partial charge in [-0.05, 0) is 38.0 Å². The molecular formula is C14H24N2O3S. The van der Waals surface area contributed by atoms with E-state index in [2.05, 4.69) is 4.99 Å². The zero-order chi connectivity index (χ0) is 14.4. The van der Waals surface area contributed by atoms with Gasteiger partial charge in [0.15, 0.2) is 0 Å². The van der Waals surface area contributed by atoms with Crippen LogP contribution in [0, 0.1) is 5.92 Å². The number of sulfonamides is 1. The lowest BCUT2D eigenvalue weighted by Crippen LogP contribution is -2.41. The van der Waals surface area contributed by atoms with E-state index in [1.807, 2.05) is 0 Å². The van der Waals surface area contributed by atoms with Crippen molar-refractivity contribution in [2.45, 2.75) is 64.0 Å². The Hall–Kier alpha value is -0.710. The van der Waals surface area contributed by atoms with Crippen molar-refractivity contribution < 1.29 is 13.2 Å². The smallest absolute Gasteiger partial charge is 0.212 e. The van der Waals surface area contributed by atoms with E-state index in [4.69, 9.17) is 0 Å². The predicted octanol–water partition coefficient (Wildman–Crippen LogP) is 2.43. The molecule has 0 spiro atoms. The SMILES string of the molecule is O=C=NC1CCCCCN1S(=O)(=O)CC1CCCCC1. The van der Waals surface area contributed by atoms with Crippen molar-refractivity contribution in [3.8, 4) is 0 Å². The first kappa shape index (κ1) is 15.7. The van der Waals surface area contributed by atoms with Crippen molar-refractivity contribution in [1.29, 1.82) is 0 Å². The number of hydrogen-bond donors (Lipinski definition) is 0. The van der Waals surface area contributed by atoms with Gasteiger partial charge < -0.3 is 0 Å². The van der Waals surface area contributed by atoms with Crippen molar-refractivity contribution in [2.75, 3.05) is 12.3 Å². The highest BCUT2D eigenvalue weighted by molar-refractivity contribution is 7.89. The maximum Gasteiger partial charge on any atom is 0.236 e. The van der Waals surface area contributed by atoms with Gasteiger partial charge in [-0.3, -0.25) is 0 Å². The van der Waals surface area contributed by atoms with Crippen LogP contribution in [-0.4, -0.2) is 37.3 Å². The van der Waals surface area contributed by atoms with Gasteiger partial charge in [0.2, 0.25) is 16.1 Å². The van der Waals surface area contributed by atoms with Crippen LogP contribution in [0.25, 0.3) is 0 Å². The minimum Gasteiger partial charge on any atom is -0.212 e. The highest BCUT2D eigenvalue weighted by atomic mass is 32.2. The highest BCUT2D eigenvalue weighted by Crippen LogP contribution is 2.28. The first-order valence-corrected chi connectivity index (χ1v) is 9.31. The lowest BCUT2D eigenvalue weighted by molar-refractivity contribution is 0.319. The van der Waals surface area contributed by atoms with Crippen LogP contribution in [0.4, 0.5) is 0 Å². The monoisotopic (exact) mass is 300 g/mol. The number of aliphatic imine (C=N–C) groups is 1. The second-order valence-electron chi connectivity index (χ2n) is 5.94. The molecule has 1 saturated carbocycles. The van der Waals surface area contributed by atoms with E-state index < -0.39 is 16.2 Å². The summed E-state index contributed by atoms with van der Waals surface area (Å²) < 4.78 is 26.7. The Labute approximate surface area is 121 Å². The Morgan fingerprint density at radius 3 is 2.35 bits per heavy atom. The Bertz CT molecular complexity index is 451. The standard InChI is InChI=1S/C14H24N2O3S/c17-12-15-14-9-5-2-6-10-16(14)20(18,19)11-13-7-3-1-4-8-13/h13-14H,1-11H2. The van der Waals surface area contributed by atoms with Crippen LogP contribution in [0.15, 0.2) is 4.99 Å². The van der Waals surface area contributed by atoms with E-state index in [0.717, 1.165) is 44.9 Å². The molecule has 1 unspecified atom stereocenters. The largest absolute Gasteiger partial charge is 0.236 e. The molecule has 0 radical (unpaired) electrons. The van der Waals surface area contributed by atoms with Crippen molar-refractivity contribution >= 4 is 16.1 Å². The van der Waals surface area contributed by atoms with Crippen LogP contribution in [0.1, 0.15) is 57.8 Å². The number of isocyanates is 1. The second kappa shape index (κ2) is 7.34. The number of hydrogen-bond acceptors (Lipinski definition) is 4. The van der Waals surface area contributed by atoms with Crippen LogP contribution in [0.2, 0.25) is 0 Å². The van der Waals surface area contributed by atoms with Crippen molar-refractivity contribution in [3.05, 3.63) is 0 Å². The minimum atomic E-state index is -3.32. The molecule has 1 heterocycles. The third kappa shape index (κ3) is 4.14. The molecule has 1 saturated heterocycles. The van der Waals surface area contributed by atoms with Crippen LogP contribution < -0.4 is 0 Å². The number of rotatable bonds is 4. The summed E-state index contributed by atoms with van der Waals surface area (Å²) in [5.74, 6) is 0.496. The Morgan fingerprint density at radius 2 is 1.65 bits per heavy atom. The van der Waals surface area contributed by atoms with Crippen LogP contribution in [-0.2, 0) is 14.8 Å². The summed E-state index contributed by atoms with van der Waals surface area (Å²) in [7, 11) is -3.32. The average molecular weight is 300 g/mol. The molecule has 1 atom stereocenters. The van der Waals surface area contributed by atoms with Crippen molar-refractivity contribution in [2.24, 2.45) is 10.9 Å². The fourth-order valence-electron chi connectivity index (χ4n) is 3.33. The maximum absolute atomic E-state index is 12.6. The summed E-state index contributed by atoms with van der Waals surface area (Å²) in [4.78, 5) is 14.3. The molecule has 2 rings (SSSR count). The number of nitrogens with zero attached hydrogens (tertiary/aromatic N) is 2. The molecule has 0 aromatic heterocycles. The van der Waals surface area contributed by atoms with Crippen molar-refractivity contribution in [1.82, 2.24) is 4.31 Å². The van der Waals surface area contributed by atoms with E-state index in [1.54, 1.807) is 0 Å². The van der Waals surface area contributed by atoms with E-state index >= 15 is 0 Å². The lowest BCUT2D eigenvalue weighted by atomic mass is 9.91. The van der Waals surface area contributed by atoms with Gasteiger partial charge in [0.25, 0.3) is 0 Å². The van der Waals surface area contributed by atoms with Crippen molar-refractivity contribution in [3.63, 3.8) is 0 Å². The third-order valence-corrected chi connectivity index (χ3v) is 6.44. The van der Waals surface area contributed by atoms with Gasteiger partial charge >= 0.3 is 0 Å². The summed E-state index contributed by atoms with van der Waals surface area (Å²) in [5.41, 5.74) is 0. The quantitative estimate of drug-likeness (QED) is 0.591. The molecule has 114 valence electrons. The van der Waals surface area contributed by atoms with Gasteiger partial charge in [0.1, 0.15) is 6.17 Å². The van der Waals surface area contributed by atoms with Gasteiger partial charge in [-0.2, -0.15) is 9.30 Å². The molecule has 1 aliphatic heterocycles. The molecule has 20 heavy (non-hydrogen) atoms. The molecule has 5 nitrogen and oxygen atoms in total. The zero-order valence-corrected chi connectivity index (χ0v) is 12.8. The highest BCUT2D eigenvalue weighted by Gasteiger charge is 2.33. The molecule has 2 aliphatic rings. The fourth-order valence-corrected chi connectivity index (χ4v) is 5.38. The van der Waals surface area contributed by atoms with Gasteiger partial charge in [0, 0.05) is 6.54 Å². The summed E-state index contributed by atoms with van der Waals surface area (Å²) in [5, 5.41) is 0. The normalized spacial score (nSPS) is 26.7. The van der Waals surface area contributed by atoms with Gasteiger partial charge in [-0.15, -0.1) is 0 Å². The molecule has 0 amide bonds.